The molecular weight excluding hydrogens is 417 g/mol. The number of nitrogens with zero attached hydrogens (tertiary/aromatic N) is 1. The maximum atomic E-state index is 13.0. The van der Waals surface area contributed by atoms with Crippen molar-refractivity contribution in [3.63, 3.8) is 0 Å². The van der Waals surface area contributed by atoms with E-state index in [1.54, 1.807) is 31.2 Å². The minimum absolute atomic E-state index is 0.0939. The summed E-state index contributed by atoms with van der Waals surface area (Å²) in [4.78, 5) is 38.3. The van der Waals surface area contributed by atoms with E-state index in [0.717, 1.165) is 4.90 Å². The van der Waals surface area contributed by atoms with Crippen LogP contribution in [0.15, 0.2) is 42.5 Å². The molecule has 0 bridgehead atoms. The molecule has 29 heavy (non-hydrogen) atoms. The first-order valence-corrected chi connectivity index (χ1v) is 9.71. The Bertz CT molecular complexity index is 916. The van der Waals surface area contributed by atoms with Gasteiger partial charge in [0.15, 0.2) is 5.78 Å². The molecule has 0 spiro atoms. The van der Waals surface area contributed by atoms with Crippen LogP contribution < -0.4 is 4.90 Å². The van der Waals surface area contributed by atoms with Gasteiger partial charge < -0.3 is 14.7 Å². The first-order chi connectivity index (χ1) is 13.8. The third-order valence-corrected chi connectivity index (χ3v) is 4.79. The molecule has 0 heterocycles. The van der Waals surface area contributed by atoms with Crippen molar-refractivity contribution in [2.45, 2.75) is 25.9 Å². The van der Waals surface area contributed by atoms with Gasteiger partial charge in [-0.2, -0.15) is 0 Å². The molecule has 154 valence electrons. The molecule has 0 aromatic heterocycles. The number of carbonyl (C=O) groups is 3. The van der Waals surface area contributed by atoms with Crippen molar-refractivity contribution in [1.29, 1.82) is 0 Å². The lowest BCUT2D eigenvalue weighted by Crippen LogP contribution is -2.37. The van der Waals surface area contributed by atoms with E-state index < -0.39 is 23.8 Å². The van der Waals surface area contributed by atoms with Crippen molar-refractivity contribution < 1.29 is 24.2 Å². The van der Waals surface area contributed by atoms with Crippen LogP contribution in [0.4, 0.5) is 5.69 Å². The van der Waals surface area contributed by atoms with E-state index in [1.807, 2.05) is 0 Å². The molecule has 0 saturated heterocycles. The highest BCUT2D eigenvalue weighted by Gasteiger charge is 2.26. The highest BCUT2D eigenvalue weighted by atomic mass is 35.5. The first-order valence-electron chi connectivity index (χ1n) is 8.96. The summed E-state index contributed by atoms with van der Waals surface area (Å²) in [5, 5.41) is 10.8. The van der Waals surface area contributed by atoms with Gasteiger partial charge in [-0.3, -0.25) is 14.4 Å². The fourth-order valence-electron chi connectivity index (χ4n) is 2.73. The van der Waals surface area contributed by atoms with Crippen molar-refractivity contribution in [2.24, 2.45) is 0 Å². The van der Waals surface area contributed by atoms with Crippen LogP contribution in [0, 0.1) is 0 Å². The number of likely N-dealkylation sites (N-methyl/N-ethyl adjacent to an activating group) is 1. The number of ether oxygens (including phenoxy) is 1. The van der Waals surface area contributed by atoms with Crippen LogP contribution >= 0.6 is 23.2 Å². The third-order valence-electron chi connectivity index (χ3n) is 4.23. The van der Waals surface area contributed by atoms with E-state index in [1.165, 1.54) is 25.2 Å². The predicted molar refractivity (Wildman–Crippen MR) is 112 cm³/mol. The molecule has 0 aliphatic rings. The lowest BCUT2D eigenvalue weighted by Gasteiger charge is -2.23. The molecule has 0 fully saturated rings. The molecule has 0 aliphatic carbocycles. The zero-order valence-electron chi connectivity index (χ0n) is 16.0. The van der Waals surface area contributed by atoms with Crippen molar-refractivity contribution in [1.82, 2.24) is 0 Å². The average Bonchev–Trinajstić information content (AvgIpc) is 2.71. The number of hydrogen-bond acceptors (Lipinski definition) is 5. The minimum atomic E-state index is -1.43. The largest absolute Gasteiger partial charge is 0.466 e. The van der Waals surface area contributed by atoms with Crippen molar-refractivity contribution >= 4 is 46.5 Å². The maximum absolute atomic E-state index is 13.0. The van der Waals surface area contributed by atoms with E-state index >= 15 is 0 Å². The number of benzene rings is 2. The molecular formula is C21H21Cl2NO5. The van der Waals surface area contributed by atoms with Crippen LogP contribution in [0.25, 0.3) is 0 Å². The molecule has 8 heteroatoms. The zero-order valence-corrected chi connectivity index (χ0v) is 17.5. The molecule has 2 rings (SSSR count). The number of halogens is 2. The smallest absolute Gasteiger partial charge is 0.305 e. The molecule has 2 aromatic carbocycles. The van der Waals surface area contributed by atoms with Gasteiger partial charge in [-0.1, -0.05) is 35.3 Å². The second-order valence-electron chi connectivity index (χ2n) is 6.23. The molecule has 1 amide bonds. The minimum Gasteiger partial charge on any atom is -0.466 e. The second kappa shape index (κ2) is 10.4. The van der Waals surface area contributed by atoms with Crippen LogP contribution in [-0.2, 0) is 14.3 Å². The van der Waals surface area contributed by atoms with E-state index in [4.69, 9.17) is 27.9 Å². The lowest BCUT2D eigenvalue weighted by atomic mass is 10.0. The summed E-state index contributed by atoms with van der Waals surface area (Å²) in [5.41, 5.74) is 0.694. The van der Waals surface area contributed by atoms with Crippen LogP contribution in [-0.4, -0.2) is 42.5 Å². The highest BCUT2D eigenvalue weighted by molar-refractivity contribution is 6.36. The molecule has 2 aromatic rings. The van der Waals surface area contributed by atoms with Crippen LogP contribution in [0.3, 0.4) is 0 Å². The van der Waals surface area contributed by atoms with Gasteiger partial charge in [0.1, 0.15) is 6.10 Å². The molecule has 0 saturated carbocycles. The third kappa shape index (κ3) is 5.79. The number of esters is 1. The number of anilines is 1. The summed E-state index contributed by atoms with van der Waals surface area (Å²) in [7, 11) is 1.43. The fraction of sp³-hybridized carbons (Fsp3) is 0.286. The van der Waals surface area contributed by atoms with Gasteiger partial charge in [0.25, 0.3) is 5.91 Å². The Kier molecular flexibility index (Phi) is 8.20. The summed E-state index contributed by atoms with van der Waals surface area (Å²) >= 11 is 12.2. The lowest BCUT2D eigenvalue weighted by molar-refractivity contribution is -0.144. The Labute approximate surface area is 179 Å². The van der Waals surface area contributed by atoms with Gasteiger partial charge in [-0.15, -0.1) is 0 Å². The summed E-state index contributed by atoms with van der Waals surface area (Å²) in [6.45, 7) is 1.90. The van der Waals surface area contributed by atoms with Crippen molar-refractivity contribution in [3.8, 4) is 0 Å². The van der Waals surface area contributed by atoms with Gasteiger partial charge in [0, 0.05) is 29.6 Å². The Morgan fingerprint density at radius 2 is 1.79 bits per heavy atom. The van der Waals surface area contributed by atoms with E-state index in [9.17, 15) is 19.5 Å². The normalized spacial score (nSPS) is 11.6. The maximum Gasteiger partial charge on any atom is 0.305 e. The van der Waals surface area contributed by atoms with Gasteiger partial charge in [-0.05, 0) is 43.7 Å². The SMILES string of the molecule is CCOC(=O)CCC(O)C(=O)N(C)c1ccc(Cl)cc1C(=O)c1ccccc1Cl. The number of aliphatic hydroxyl groups excluding tert-OH is 1. The number of aliphatic hydroxyl groups is 1. The highest BCUT2D eigenvalue weighted by Crippen LogP contribution is 2.29. The standard InChI is InChI=1S/C21H21Cl2NO5/c1-3-29-19(26)11-10-18(25)21(28)24(2)17-9-8-13(22)12-15(17)20(27)14-6-4-5-7-16(14)23/h4-9,12,18,25H,3,10-11H2,1-2H3. The molecule has 6 nitrogen and oxygen atoms in total. The van der Waals surface area contributed by atoms with E-state index in [0.29, 0.717) is 5.02 Å². The van der Waals surface area contributed by atoms with Crippen LogP contribution in [0.1, 0.15) is 35.7 Å². The van der Waals surface area contributed by atoms with Gasteiger partial charge in [0.05, 0.1) is 17.3 Å². The molecule has 1 N–H and O–H groups in total. The van der Waals surface area contributed by atoms with Crippen LogP contribution in [0.5, 0.6) is 0 Å². The summed E-state index contributed by atoms with van der Waals surface area (Å²) < 4.78 is 4.79. The molecule has 1 atom stereocenters. The molecule has 0 radical (unpaired) electrons. The van der Waals surface area contributed by atoms with Crippen molar-refractivity contribution in [2.75, 3.05) is 18.6 Å². The van der Waals surface area contributed by atoms with E-state index in [-0.39, 0.29) is 41.3 Å². The summed E-state index contributed by atoms with van der Waals surface area (Å²) in [6.07, 6.45) is -1.62. The Hall–Kier alpha value is -2.41. The number of ketones is 1. The van der Waals surface area contributed by atoms with Crippen molar-refractivity contribution in [3.05, 3.63) is 63.6 Å². The number of carbonyl (C=O) groups excluding carboxylic acids is 3. The van der Waals surface area contributed by atoms with Gasteiger partial charge in [-0.25, -0.2) is 0 Å². The summed E-state index contributed by atoms with van der Waals surface area (Å²) in [5.74, 6) is -1.57. The zero-order chi connectivity index (χ0) is 21.6. The number of amides is 1. The predicted octanol–water partition coefficient (Wildman–Crippen LogP) is 3.89. The first kappa shape index (κ1) is 22.9. The Balaban J connectivity index is 2.27. The Morgan fingerprint density at radius 1 is 1.10 bits per heavy atom. The monoisotopic (exact) mass is 437 g/mol. The van der Waals surface area contributed by atoms with Gasteiger partial charge >= 0.3 is 5.97 Å². The fourth-order valence-corrected chi connectivity index (χ4v) is 3.12. The quantitative estimate of drug-likeness (QED) is 0.500. The van der Waals surface area contributed by atoms with Gasteiger partial charge in [0.2, 0.25) is 0 Å². The van der Waals surface area contributed by atoms with E-state index in [2.05, 4.69) is 0 Å². The average molecular weight is 438 g/mol. The van der Waals surface area contributed by atoms with Crippen LogP contribution in [0.2, 0.25) is 10.0 Å². The second-order valence-corrected chi connectivity index (χ2v) is 7.07. The molecule has 0 aliphatic heterocycles. The topological polar surface area (TPSA) is 83.9 Å². The Morgan fingerprint density at radius 3 is 2.45 bits per heavy atom. The molecule has 1 unspecified atom stereocenters. The number of rotatable bonds is 8. The number of hydrogen-bond donors (Lipinski definition) is 1. The summed E-state index contributed by atoms with van der Waals surface area (Å²) in [6, 6.07) is 11.0.